The first-order valence-corrected chi connectivity index (χ1v) is 3.52. The Bertz CT molecular complexity index is 314. The largest absolute Gasteiger partial charge is 0.392 e. The van der Waals surface area contributed by atoms with Gasteiger partial charge in [0.25, 0.3) is 0 Å². The van der Waals surface area contributed by atoms with Gasteiger partial charge in [0.2, 0.25) is 0 Å². The molecule has 0 unspecified atom stereocenters. The van der Waals surface area contributed by atoms with Gasteiger partial charge in [-0.25, -0.2) is 4.79 Å². The van der Waals surface area contributed by atoms with E-state index in [0.29, 0.717) is 0 Å². The van der Waals surface area contributed by atoms with Crippen LogP contribution in [0.15, 0.2) is 24.3 Å². The van der Waals surface area contributed by atoms with Crippen molar-refractivity contribution in [2.45, 2.75) is 0 Å². The van der Waals surface area contributed by atoms with Crippen molar-refractivity contribution >= 4 is 24.0 Å². The number of ether oxygens (including phenoxy) is 1. The molecule has 0 amide bonds. The van der Waals surface area contributed by atoms with Gasteiger partial charge in [-0.2, -0.15) is 0 Å². The Morgan fingerprint density at radius 2 is 2.00 bits per heavy atom. The molecule has 1 rings (SSSR count). The predicted octanol–water partition coefficient (Wildman–Crippen LogP) is 1.82. The molecule has 0 saturated heterocycles. The molecular weight excluding hydrogens is 194 g/mol. The van der Waals surface area contributed by atoms with E-state index >= 15 is 0 Å². The highest BCUT2D eigenvalue weighted by molar-refractivity contribution is 6.33. The second-order valence-corrected chi connectivity index (χ2v) is 2.39. The molecule has 4 nitrogen and oxygen atoms in total. The van der Waals surface area contributed by atoms with Gasteiger partial charge in [-0.1, -0.05) is 23.7 Å². The summed E-state index contributed by atoms with van der Waals surface area (Å²) in [7, 11) is 0. The van der Waals surface area contributed by atoms with Crippen LogP contribution >= 0.6 is 11.6 Å². The van der Waals surface area contributed by atoms with Crippen molar-refractivity contribution < 1.29 is 14.3 Å². The number of rotatable bonds is 2. The van der Waals surface area contributed by atoms with Crippen LogP contribution in [-0.2, 0) is 9.53 Å². The Hall–Kier alpha value is -1.39. The second-order valence-electron chi connectivity index (χ2n) is 1.98. The molecule has 3 N–H and O–H groups in total. The number of hydrogen-bond acceptors (Lipinski definition) is 4. The predicted molar refractivity (Wildman–Crippen MR) is 48.0 cm³/mol. The summed E-state index contributed by atoms with van der Waals surface area (Å²) >= 11 is 5.64. The molecule has 5 heteroatoms. The Morgan fingerprint density at radius 1 is 1.38 bits per heavy atom. The number of hydrogen-bond donors (Lipinski definition) is 1. The van der Waals surface area contributed by atoms with Crippen molar-refractivity contribution in [3.63, 3.8) is 0 Å². The van der Waals surface area contributed by atoms with Gasteiger partial charge in [0.1, 0.15) is 0 Å². The molecule has 0 bridgehead atoms. The Morgan fingerprint density at radius 3 is 2.54 bits per heavy atom. The van der Waals surface area contributed by atoms with Crippen molar-refractivity contribution in [3.8, 4) is 0 Å². The lowest BCUT2D eigenvalue weighted by molar-refractivity contribution is -0.123. The van der Waals surface area contributed by atoms with Crippen LogP contribution in [0.1, 0.15) is 10.4 Å². The first-order chi connectivity index (χ1) is 5.75. The van der Waals surface area contributed by atoms with Crippen LogP contribution in [0.2, 0.25) is 5.02 Å². The van der Waals surface area contributed by atoms with E-state index in [1.54, 1.807) is 18.2 Å². The lowest BCUT2D eigenvalue weighted by Crippen LogP contribution is -2.03. The average Bonchev–Trinajstić information content (AvgIpc) is 2.05. The summed E-state index contributed by atoms with van der Waals surface area (Å²) in [5, 5.41) is 0.268. The fourth-order valence-electron chi connectivity index (χ4n) is 0.734. The van der Waals surface area contributed by atoms with E-state index in [-0.39, 0.29) is 23.2 Å². The lowest BCUT2D eigenvalue weighted by Gasteiger charge is -1.98. The van der Waals surface area contributed by atoms with E-state index in [1.165, 1.54) is 6.07 Å². The van der Waals surface area contributed by atoms with Crippen molar-refractivity contribution in [1.82, 2.24) is 6.15 Å². The molecule has 0 heterocycles. The second kappa shape index (κ2) is 5.29. The lowest BCUT2D eigenvalue weighted by atomic mass is 10.2. The third-order valence-corrected chi connectivity index (χ3v) is 1.58. The Labute approximate surface area is 80.0 Å². The number of carbonyl (C=O) groups is 2. The van der Waals surface area contributed by atoms with Crippen molar-refractivity contribution in [2.24, 2.45) is 0 Å². The maximum absolute atomic E-state index is 10.9. The summed E-state index contributed by atoms with van der Waals surface area (Å²) < 4.78 is 4.10. The van der Waals surface area contributed by atoms with E-state index < -0.39 is 5.97 Å². The third kappa shape index (κ3) is 2.85. The van der Waals surface area contributed by atoms with E-state index in [0.717, 1.165) is 0 Å². The first-order valence-electron chi connectivity index (χ1n) is 3.15. The van der Waals surface area contributed by atoms with Gasteiger partial charge < -0.3 is 10.9 Å². The molecule has 0 radical (unpaired) electrons. The van der Waals surface area contributed by atoms with E-state index in [2.05, 4.69) is 4.74 Å². The fourth-order valence-corrected chi connectivity index (χ4v) is 0.947. The Balaban J connectivity index is 0.00000144. The zero-order valence-electron chi connectivity index (χ0n) is 6.70. The molecule has 0 aliphatic heterocycles. The summed E-state index contributed by atoms with van der Waals surface area (Å²) in [5.41, 5.74) is 0.186. The van der Waals surface area contributed by atoms with Crippen LogP contribution < -0.4 is 6.15 Å². The monoisotopic (exact) mass is 201 g/mol. The van der Waals surface area contributed by atoms with Crippen LogP contribution in [0.3, 0.4) is 0 Å². The van der Waals surface area contributed by atoms with Crippen LogP contribution in [0.5, 0.6) is 0 Å². The molecule has 0 aromatic heterocycles. The van der Waals surface area contributed by atoms with E-state index in [4.69, 9.17) is 11.6 Å². The summed E-state index contributed by atoms with van der Waals surface area (Å²) in [6, 6.07) is 6.34. The standard InChI is InChI=1S/C8H5ClO3.H3N/c9-7-4-2-1-3-6(7)8(11)12-5-10;/h1-5H;1H3. The minimum absolute atomic E-state index is 0. The van der Waals surface area contributed by atoms with E-state index in [1.807, 2.05) is 0 Å². The molecular formula is C8H8ClNO3. The van der Waals surface area contributed by atoms with Crippen molar-refractivity contribution in [3.05, 3.63) is 34.9 Å². The fraction of sp³-hybridized carbons (Fsp3) is 0. The van der Waals surface area contributed by atoms with Crippen LogP contribution in [0.4, 0.5) is 0 Å². The van der Waals surface area contributed by atoms with Gasteiger partial charge in [0.15, 0.2) is 0 Å². The molecule has 0 atom stereocenters. The molecule has 0 saturated carbocycles. The highest BCUT2D eigenvalue weighted by atomic mass is 35.5. The number of esters is 1. The molecule has 70 valence electrons. The zero-order valence-corrected chi connectivity index (χ0v) is 7.45. The van der Waals surface area contributed by atoms with E-state index in [9.17, 15) is 9.59 Å². The number of carbonyl (C=O) groups excluding carboxylic acids is 2. The molecule has 13 heavy (non-hydrogen) atoms. The molecule has 0 spiro atoms. The topological polar surface area (TPSA) is 78.4 Å². The summed E-state index contributed by atoms with van der Waals surface area (Å²) in [6.07, 6.45) is 0. The van der Waals surface area contributed by atoms with Gasteiger partial charge in [-0.05, 0) is 12.1 Å². The first kappa shape index (κ1) is 11.6. The smallest absolute Gasteiger partial charge is 0.347 e. The summed E-state index contributed by atoms with van der Waals surface area (Å²) in [4.78, 5) is 20.7. The zero-order chi connectivity index (χ0) is 8.97. The molecule has 0 aliphatic carbocycles. The molecule has 0 aliphatic rings. The maximum atomic E-state index is 10.9. The minimum Gasteiger partial charge on any atom is -0.392 e. The van der Waals surface area contributed by atoms with Crippen molar-refractivity contribution in [2.75, 3.05) is 0 Å². The minimum atomic E-state index is -0.740. The highest BCUT2D eigenvalue weighted by Gasteiger charge is 2.09. The van der Waals surface area contributed by atoms with Crippen LogP contribution in [-0.4, -0.2) is 12.4 Å². The average molecular weight is 202 g/mol. The molecule has 1 aromatic rings. The van der Waals surface area contributed by atoms with Gasteiger partial charge in [0, 0.05) is 0 Å². The highest BCUT2D eigenvalue weighted by Crippen LogP contribution is 2.15. The normalized spacial score (nSPS) is 8.38. The summed E-state index contributed by atoms with van der Waals surface area (Å²) in [5.74, 6) is -0.740. The SMILES string of the molecule is N.O=COC(=O)c1ccccc1Cl. The van der Waals surface area contributed by atoms with Gasteiger partial charge in [-0.3, -0.25) is 4.79 Å². The van der Waals surface area contributed by atoms with Crippen LogP contribution in [0.25, 0.3) is 0 Å². The van der Waals surface area contributed by atoms with Crippen LogP contribution in [0, 0.1) is 0 Å². The van der Waals surface area contributed by atoms with Gasteiger partial charge in [-0.15, -0.1) is 0 Å². The Kier molecular flexibility index (Phi) is 4.72. The third-order valence-electron chi connectivity index (χ3n) is 1.25. The molecule has 1 aromatic carbocycles. The number of benzene rings is 1. The maximum Gasteiger partial charge on any atom is 0.347 e. The summed E-state index contributed by atoms with van der Waals surface area (Å²) in [6.45, 7) is 0.0751. The molecule has 0 fully saturated rings. The van der Waals surface area contributed by atoms with Crippen molar-refractivity contribution in [1.29, 1.82) is 0 Å². The quantitative estimate of drug-likeness (QED) is 0.450. The van der Waals surface area contributed by atoms with Gasteiger partial charge in [0.05, 0.1) is 10.6 Å². The number of halogens is 1. The van der Waals surface area contributed by atoms with Gasteiger partial charge >= 0.3 is 12.4 Å².